The molecule has 0 aliphatic rings. The van der Waals surface area contributed by atoms with Crippen LogP contribution in [0, 0.1) is 26.0 Å². The fraction of sp³-hybridized carbons (Fsp3) is 0.250. The smallest absolute Gasteiger partial charge is 0.224 e. The van der Waals surface area contributed by atoms with E-state index in [1.807, 2.05) is 39.0 Å². The molecule has 0 fully saturated rings. The van der Waals surface area contributed by atoms with E-state index in [9.17, 15) is 5.21 Å². The molecule has 0 aliphatic heterocycles. The number of nitrogens with zero attached hydrogens (tertiary/aromatic N) is 1. The van der Waals surface area contributed by atoms with Crippen LogP contribution < -0.4 is 4.73 Å². The van der Waals surface area contributed by atoms with Gasteiger partial charge >= 0.3 is 0 Å². The summed E-state index contributed by atoms with van der Waals surface area (Å²) in [5.74, 6) is 0. The predicted octanol–water partition coefficient (Wildman–Crippen LogP) is 2.40. The molecule has 0 saturated carbocycles. The summed E-state index contributed by atoms with van der Waals surface area (Å²) >= 11 is 0. The van der Waals surface area contributed by atoms with Gasteiger partial charge in [-0.15, -0.1) is 0 Å². The lowest BCUT2D eigenvalue weighted by Gasteiger charge is -2.07. The van der Waals surface area contributed by atoms with Gasteiger partial charge in [0.15, 0.2) is 5.69 Å². The Kier molecular flexibility index (Phi) is 1.92. The van der Waals surface area contributed by atoms with Crippen LogP contribution in [0.25, 0.3) is 10.9 Å². The van der Waals surface area contributed by atoms with Crippen molar-refractivity contribution in [1.29, 1.82) is 0 Å². The SMILES string of the molecule is Cc1ccc2cc(C)c(C)[n+]([O-])c2c1. The summed E-state index contributed by atoms with van der Waals surface area (Å²) in [5.41, 5.74) is 3.69. The van der Waals surface area contributed by atoms with Gasteiger partial charge in [-0.25, -0.2) is 0 Å². The van der Waals surface area contributed by atoms with Gasteiger partial charge in [0.2, 0.25) is 5.52 Å². The monoisotopic (exact) mass is 187 g/mol. The van der Waals surface area contributed by atoms with E-state index in [1.54, 1.807) is 0 Å². The molecule has 0 bridgehead atoms. The largest absolute Gasteiger partial charge is 0.618 e. The second kappa shape index (κ2) is 2.98. The van der Waals surface area contributed by atoms with Crippen molar-refractivity contribution in [2.45, 2.75) is 20.8 Å². The first-order valence-corrected chi connectivity index (χ1v) is 4.70. The Hall–Kier alpha value is -1.57. The minimum Gasteiger partial charge on any atom is -0.618 e. The van der Waals surface area contributed by atoms with Gasteiger partial charge in [0, 0.05) is 23.9 Å². The molecule has 2 heteroatoms. The molecule has 1 heterocycles. The standard InChI is InChI=1S/C12H13NO/c1-8-4-5-11-7-9(2)10(3)13(14)12(11)6-8/h4-7H,1-3H3. The molecule has 0 aliphatic carbocycles. The highest BCUT2D eigenvalue weighted by molar-refractivity contribution is 5.77. The van der Waals surface area contributed by atoms with Crippen LogP contribution in [0.3, 0.4) is 0 Å². The Morgan fingerprint density at radius 3 is 2.50 bits per heavy atom. The number of rotatable bonds is 0. The second-order valence-corrected chi connectivity index (χ2v) is 3.77. The molecule has 0 saturated heterocycles. The molecule has 0 radical (unpaired) electrons. The van der Waals surface area contributed by atoms with E-state index in [0.29, 0.717) is 0 Å². The third kappa shape index (κ3) is 1.23. The van der Waals surface area contributed by atoms with Crippen LogP contribution in [-0.2, 0) is 0 Å². The van der Waals surface area contributed by atoms with Gasteiger partial charge in [-0.2, -0.15) is 4.73 Å². The van der Waals surface area contributed by atoms with E-state index >= 15 is 0 Å². The Labute approximate surface area is 83.4 Å². The van der Waals surface area contributed by atoms with E-state index in [2.05, 4.69) is 6.07 Å². The van der Waals surface area contributed by atoms with Crippen molar-refractivity contribution in [2.75, 3.05) is 0 Å². The van der Waals surface area contributed by atoms with E-state index in [0.717, 1.165) is 32.5 Å². The zero-order chi connectivity index (χ0) is 10.3. The first-order chi connectivity index (χ1) is 6.59. The summed E-state index contributed by atoms with van der Waals surface area (Å²) in [6.07, 6.45) is 0. The molecular formula is C12H13NO. The van der Waals surface area contributed by atoms with Crippen molar-refractivity contribution >= 4 is 10.9 Å². The maximum atomic E-state index is 11.8. The van der Waals surface area contributed by atoms with Gasteiger partial charge in [0.05, 0.1) is 0 Å². The number of pyridine rings is 1. The van der Waals surface area contributed by atoms with E-state index < -0.39 is 0 Å². The van der Waals surface area contributed by atoms with E-state index in [-0.39, 0.29) is 0 Å². The Bertz CT molecular complexity index is 503. The van der Waals surface area contributed by atoms with Crippen molar-refractivity contribution in [1.82, 2.24) is 0 Å². The van der Waals surface area contributed by atoms with E-state index in [1.165, 1.54) is 0 Å². The maximum absolute atomic E-state index is 11.8. The summed E-state index contributed by atoms with van der Waals surface area (Å²) in [4.78, 5) is 0. The van der Waals surface area contributed by atoms with Crippen LogP contribution >= 0.6 is 0 Å². The van der Waals surface area contributed by atoms with Crippen LogP contribution in [0.2, 0.25) is 0 Å². The predicted molar refractivity (Wildman–Crippen MR) is 57.1 cm³/mol. The number of benzene rings is 1. The highest BCUT2D eigenvalue weighted by Gasteiger charge is 2.09. The molecule has 1 aromatic heterocycles. The molecule has 0 amide bonds. The van der Waals surface area contributed by atoms with Gasteiger partial charge < -0.3 is 5.21 Å². The number of aromatic nitrogens is 1. The van der Waals surface area contributed by atoms with Crippen molar-refractivity contribution in [3.05, 3.63) is 46.3 Å². The van der Waals surface area contributed by atoms with Gasteiger partial charge in [0.1, 0.15) is 0 Å². The Morgan fingerprint density at radius 1 is 1.07 bits per heavy atom. The van der Waals surface area contributed by atoms with Crippen molar-refractivity contribution < 1.29 is 4.73 Å². The zero-order valence-electron chi connectivity index (χ0n) is 8.66. The molecule has 2 aromatic rings. The molecular weight excluding hydrogens is 174 g/mol. The maximum Gasteiger partial charge on any atom is 0.224 e. The molecule has 0 atom stereocenters. The molecule has 0 N–H and O–H groups in total. The number of hydrogen-bond donors (Lipinski definition) is 0. The van der Waals surface area contributed by atoms with Crippen molar-refractivity contribution in [2.24, 2.45) is 0 Å². The molecule has 72 valence electrons. The fourth-order valence-corrected chi connectivity index (χ4v) is 1.63. The second-order valence-electron chi connectivity index (χ2n) is 3.77. The lowest BCUT2D eigenvalue weighted by Crippen LogP contribution is -2.31. The summed E-state index contributed by atoms with van der Waals surface area (Å²) < 4.78 is 1.01. The highest BCUT2D eigenvalue weighted by Crippen LogP contribution is 2.15. The minimum absolute atomic E-state index is 0.758. The minimum atomic E-state index is 0.758. The van der Waals surface area contributed by atoms with Crippen molar-refractivity contribution in [3.63, 3.8) is 0 Å². The van der Waals surface area contributed by atoms with E-state index in [4.69, 9.17) is 0 Å². The molecule has 14 heavy (non-hydrogen) atoms. The number of aryl methyl sites for hydroxylation is 2. The average Bonchev–Trinajstić information content (AvgIpc) is 2.16. The fourth-order valence-electron chi connectivity index (χ4n) is 1.63. The molecule has 0 unspecified atom stereocenters. The number of fused-ring (bicyclic) bond motifs is 1. The summed E-state index contributed by atoms with van der Waals surface area (Å²) in [5, 5.41) is 12.8. The quantitative estimate of drug-likeness (QED) is 0.459. The third-order valence-corrected chi connectivity index (χ3v) is 2.65. The topological polar surface area (TPSA) is 26.9 Å². The third-order valence-electron chi connectivity index (χ3n) is 2.65. The van der Waals surface area contributed by atoms with Gasteiger partial charge in [-0.1, -0.05) is 6.07 Å². The molecule has 2 rings (SSSR count). The Balaban J connectivity index is 2.92. The summed E-state index contributed by atoms with van der Waals surface area (Å²) in [6.45, 7) is 5.81. The summed E-state index contributed by atoms with van der Waals surface area (Å²) in [7, 11) is 0. The van der Waals surface area contributed by atoms with Crippen LogP contribution in [-0.4, -0.2) is 0 Å². The van der Waals surface area contributed by atoms with Crippen molar-refractivity contribution in [3.8, 4) is 0 Å². The van der Waals surface area contributed by atoms with Gasteiger partial charge in [-0.05, 0) is 31.5 Å². The van der Waals surface area contributed by atoms with Gasteiger partial charge in [0.25, 0.3) is 0 Å². The Morgan fingerprint density at radius 2 is 1.79 bits per heavy atom. The van der Waals surface area contributed by atoms with Crippen LogP contribution in [0.4, 0.5) is 0 Å². The highest BCUT2D eigenvalue weighted by atomic mass is 16.5. The summed E-state index contributed by atoms with van der Waals surface area (Å²) in [6, 6.07) is 8.00. The van der Waals surface area contributed by atoms with Gasteiger partial charge in [-0.3, -0.25) is 0 Å². The zero-order valence-corrected chi connectivity index (χ0v) is 8.66. The average molecular weight is 187 g/mol. The molecule has 0 spiro atoms. The normalized spacial score (nSPS) is 10.8. The molecule has 1 aromatic carbocycles. The van der Waals surface area contributed by atoms with Crippen LogP contribution in [0.1, 0.15) is 16.8 Å². The lowest BCUT2D eigenvalue weighted by molar-refractivity contribution is -0.584. The van der Waals surface area contributed by atoms with Crippen LogP contribution in [0.5, 0.6) is 0 Å². The number of hydrogen-bond acceptors (Lipinski definition) is 1. The first-order valence-electron chi connectivity index (χ1n) is 4.70. The molecule has 2 nitrogen and oxygen atoms in total. The van der Waals surface area contributed by atoms with Crippen LogP contribution in [0.15, 0.2) is 24.3 Å². The lowest BCUT2D eigenvalue weighted by atomic mass is 10.1. The first kappa shape index (κ1) is 9.00.